The number of aromatic nitrogens is 1. The standard InChI is InChI=1S/C11H6NS/c1-2-4-10(5-3-1)6-7-11-12-8-9-13-11/h1-5,8H. The van der Waals surface area contributed by atoms with Crippen molar-refractivity contribution in [1.29, 1.82) is 0 Å². The van der Waals surface area contributed by atoms with E-state index in [4.69, 9.17) is 0 Å². The molecule has 0 aliphatic heterocycles. The molecule has 0 spiro atoms. The van der Waals surface area contributed by atoms with Gasteiger partial charge in [0.25, 0.3) is 0 Å². The molecule has 0 saturated heterocycles. The average molecular weight is 184 g/mol. The molecule has 0 bridgehead atoms. The molecule has 1 radical (unpaired) electrons. The van der Waals surface area contributed by atoms with Gasteiger partial charge in [-0.3, -0.25) is 0 Å². The quantitative estimate of drug-likeness (QED) is 0.573. The molecule has 1 nitrogen and oxygen atoms in total. The van der Waals surface area contributed by atoms with Crippen LogP contribution in [0.2, 0.25) is 0 Å². The van der Waals surface area contributed by atoms with Crippen LogP contribution >= 0.6 is 11.3 Å². The Labute approximate surface area is 81.1 Å². The summed E-state index contributed by atoms with van der Waals surface area (Å²) in [6.07, 6.45) is 1.64. The van der Waals surface area contributed by atoms with Gasteiger partial charge in [-0.2, -0.15) is 0 Å². The number of thiazole rings is 1. The maximum absolute atomic E-state index is 4.02. The fourth-order valence-corrected chi connectivity index (χ4v) is 1.32. The molecule has 1 aromatic heterocycles. The molecule has 1 heterocycles. The summed E-state index contributed by atoms with van der Waals surface area (Å²) in [6, 6.07) is 9.87. The zero-order valence-corrected chi connectivity index (χ0v) is 7.64. The van der Waals surface area contributed by atoms with Gasteiger partial charge in [0.15, 0.2) is 5.01 Å². The van der Waals surface area contributed by atoms with E-state index >= 15 is 0 Å². The van der Waals surface area contributed by atoms with E-state index in [-0.39, 0.29) is 0 Å². The van der Waals surface area contributed by atoms with Crippen molar-refractivity contribution in [2.45, 2.75) is 0 Å². The smallest absolute Gasteiger partial charge is 0.167 e. The highest BCUT2D eigenvalue weighted by molar-refractivity contribution is 7.09. The minimum absolute atomic E-state index is 0.809. The molecule has 0 amide bonds. The number of hydrogen-bond acceptors (Lipinski definition) is 2. The summed E-state index contributed by atoms with van der Waals surface area (Å²) in [7, 11) is 0. The molecule has 0 fully saturated rings. The maximum Gasteiger partial charge on any atom is 0.167 e. The van der Waals surface area contributed by atoms with Gasteiger partial charge in [-0.05, 0) is 18.1 Å². The van der Waals surface area contributed by atoms with Gasteiger partial charge in [-0.1, -0.05) is 24.1 Å². The van der Waals surface area contributed by atoms with Crippen molar-refractivity contribution in [2.24, 2.45) is 0 Å². The van der Waals surface area contributed by atoms with Crippen LogP contribution < -0.4 is 0 Å². The minimum atomic E-state index is 0.809. The number of hydrogen-bond donors (Lipinski definition) is 0. The van der Waals surface area contributed by atoms with E-state index in [1.165, 1.54) is 11.3 Å². The monoisotopic (exact) mass is 184 g/mol. The highest BCUT2D eigenvalue weighted by Gasteiger charge is 1.86. The second kappa shape index (κ2) is 3.88. The first-order valence-corrected chi connectivity index (χ1v) is 4.66. The van der Waals surface area contributed by atoms with Crippen LogP contribution in [-0.2, 0) is 0 Å². The molecular formula is C11H6NS. The van der Waals surface area contributed by atoms with E-state index in [2.05, 4.69) is 22.2 Å². The SMILES string of the molecule is C(#Cc1nc[c]s1)c1ccccc1. The zero-order chi connectivity index (χ0) is 8.93. The van der Waals surface area contributed by atoms with Crippen LogP contribution in [0, 0.1) is 17.2 Å². The number of rotatable bonds is 0. The third-order valence-electron chi connectivity index (χ3n) is 1.48. The van der Waals surface area contributed by atoms with Crippen LogP contribution in [0.25, 0.3) is 0 Å². The fraction of sp³-hybridized carbons (Fsp3) is 0. The fourth-order valence-electron chi connectivity index (χ4n) is 0.898. The van der Waals surface area contributed by atoms with Crippen molar-refractivity contribution in [3.05, 3.63) is 52.5 Å². The summed E-state index contributed by atoms with van der Waals surface area (Å²) in [5.41, 5.74) is 1.01. The first-order chi connectivity index (χ1) is 6.45. The first kappa shape index (κ1) is 8.03. The van der Waals surface area contributed by atoms with E-state index in [1.807, 2.05) is 30.3 Å². The second-order valence-corrected chi connectivity index (χ2v) is 3.23. The molecule has 0 aliphatic rings. The molecule has 0 saturated carbocycles. The van der Waals surface area contributed by atoms with Crippen molar-refractivity contribution < 1.29 is 0 Å². The van der Waals surface area contributed by atoms with Crippen LogP contribution in [0.5, 0.6) is 0 Å². The first-order valence-electron chi connectivity index (χ1n) is 3.84. The summed E-state index contributed by atoms with van der Waals surface area (Å²) < 4.78 is 0. The van der Waals surface area contributed by atoms with Crippen LogP contribution in [0.3, 0.4) is 0 Å². The summed E-state index contributed by atoms with van der Waals surface area (Å²) in [6.45, 7) is 0. The molecule has 61 valence electrons. The summed E-state index contributed by atoms with van der Waals surface area (Å²) >= 11 is 1.43. The Balaban J connectivity index is 2.23. The summed E-state index contributed by atoms with van der Waals surface area (Å²) in [5.74, 6) is 5.99. The maximum atomic E-state index is 4.02. The van der Waals surface area contributed by atoms with Gasteiger partial charge in [0.1, 0.15) is 0 Å². The largest absolute Gasteiger partial charge is 0.236 e. The Kier molecular flexibility index (Phi) is 2.40. The Hall–Kier alpha value is -1.59. The lowest BCUT2D eigenvalue weighted by atomic mass is 10.2. The van der Waals surface area contributed by atoms with E-state index in [0.29, 0.717) is 0 Å². The average Bonchev–Trinajstić information content (AvgIpc) is 2.69. The highest BCUT2D eigenvalue weighted by Crippen LogP contribution is 2.01. The predicted molar refractivity (Wildman–Crippen MR) is 53.4 cm³/mol. The lowest BCUT2D eigenvalue weighted by Gasteiger charge is -1.84. The van der Waals surface area contributed by atoms with Gasteiger partial charge in [-0.25, -0.2) is 4.98 Å². The van der Waals surface area contributed by atoms with Gasteiger partial charge in [0.05, 0.1) is 5.38 Å². The Bertz CT molecular complexity index is 420. The van der Waals surface area contributed by atoms with Gasteiger partial charge in [0, 0.05) is 11.8 Å². The van der Waals surface area contributed by atoms with Crippen LogP contribution in [0.15, 0.2) is 36.5 Å². The third kappa shape index (κ3) is 2.17. The van der Waals surface area contributed by atoms with Crippen LogP contribution in [0.4, 0.5) is 0 Å². The predicted octanol–water partition coefficient (Wildman–Crippen LogP) is 2.34. The molecule has 1 aromatic carbocycles. The normalized spacial score (nSPS) is 8.92. The van der Waals surface area contributed by atoms with Crippen LogP contribution in [0.1, 0.15) is 10.6 Å². The van der Waals surface area contributed by atoms with E-state index < -0.39 is 0 Å². The van der Waals surface area contributed by atoms with Gasteiger partial charge in [0.2, 0.25) is 0 Å². The third-order valence-corrected chi connectivity index (χ3v) is 2.10. The Morgan fingerprint density at radius 1 is 1.15 bits per heavy atom. The molecule has 0 aliphatic carbocycles. The van der Waals surface area contributed by atoms with Crippen LogP contribution in [-0.4, -0.2) is 4.98 Å². The van der Waals surface area contributed by atoms with Crippen molar-refractivity contribution >= 4 is 11.3 Å². The van der Waals surface area contributed by atoms with E-state index in [9.17, 15) is 0 Å². The second-order valence-electron chi connectivity index (χ2n) is 2.40. The summed E-state index contributed by atoms with van der Waals surface area (Å²) in [4.78, 5) is 4.02. The van der Waals surface area contributed by atoms with Crippen molar-refractivity contribution in [3.8, 4) is 11.8 Å². The zero-order valence-electron chi connectivity index (χ0n) is 6.82. The highest BCUT2D eigenvalue weighted by atomic mass is 32.1. The molecule has 0 unspecified atom stereocenters. The molecule has 13 heavy (non-hydrogen) atoms. The topological polar surface area (TPSA) is 12.9 Å². The minimum Gasteiger partial charge on any atom is -0.236 e. The molecule has 0 atom stereocenters. The lowest BCUT2D eigenvalue weighted by molar-refractivity contribution is 1.38. The van der Waals surface area contributed by atoms with Gasteiger partial charge < -0.3 is 0 Å². The van der Waals surface area contributed by atoms with Crippen molar-refractivity contribution in [1.82, 2.24) is 4.98 Å². The van der Waals surface area contributed by atoms with Gasteiger partial charge in [-0.15, -0.1) is 11.3 Å². The van der Waals surface area contributed by atoms with E-state index in [0.717, 1.165) is 10.6 Å². The van der Waals surface area contributed by atoms with Crippen molar-refractivity contribution in [2.75, 3.05) is 0 Å². The molecule has 2 rings (SSSR count). The van der Waals surface area contributed by atoms with Crippen molar-refractivity contribution in [3.63, 3.8) is 0 Å². The number of benzene rings is 1. The lowest BCUT2D eigenvalue weighted by Crippen LogP contribution is -1.72. The molecule has 2 heteroatoms. The number of nitrogens with zero attached hydrogens (tertiary/aromatic N) is 1. The molecule has 2 aromatic rings. The van der Waals surface area contributed by atoms with Gasteiger partial charge >= 0.3 is 0 Å². The molecule has 0 N–H and O–H groups in total. The Morgan fingerprint density at radius 3 is 2.69 bits per heavy atom. The summed E-state index contributed by atoms with van der Waals surface area (Å²) in [5, 5.41) is 3.70. The Morgan fingerprint density at radius 2 is 2.00 bits per heavy atom. The molecular weight excluding hydrogens is 178 g/mol. The van der Waals surface area contributed by atoms with E-state index in [1.54, 1.807) is 6.20 Å².